The number of piperazine rings is 1. The molecule has 1 atom stereocenters. The zero-order valence-electron chi connectivity index (χ0n) is 16.5. The van der Waals surface area contributed by atoms with Crippen LogP contribution >= 0.6 is 11.6 Å². The number of aromatic nitrogens is 5. The molecule has 1 saturated heterocycles. The summed E-state index contributed by atoms with van der Waals surface area (Å²) < 4.78 is 3.37. The van der Waals surface area contributed by atoms with Crippen LogP contribution < -0.4 is 15.8 Å². The Morgan fingerprint density at radius 3 is 2.86 bits per heavy atom. The second-order valence-electron chi connectivity index (χ2n) is 7.67. The molecule has 1 unspecified atom stereocenters. The minimum atomic E-state index is -0.0882. The number of hydrogen-bond donors (Lipinski definition) is 2. The van der Waals surface area contributed by atoms with E-state index in [1.54, 1.807) is 16.3 Å². The second-order valence-corrected chi connectivity index (χ2v) is 8.04. The molecule has 0 radical (unpaired) electrons. The van der Waals surface area contributed by atoms with Crippen molar-refractivity contribution >= 4 is 39.5 Å². The Morgan fingerprint density at radius 2 is 2.07 bits per heavy atom. The first kappa shape index (κ1) is 18.2. The van der Waals surface area contributed by atoms with Gasteiger partial charge in [-0.25, -0.2) is 0 Å². The monoisotopic (exact) mass is 411 g/mol. The molecule has 2 N–H and O–H groups in total. The van der Waals surface area contributed by atoms with Gasteiger partial charge in [0.1, 0.15) is 5.65 Å². The average molecular weight is 412 g/mol. The van der Waals surface area contributed by atoms with Gasteiger partial charge in [0.05, 0.1) is 15.9 Å². The molecular weight excluding hydrogens is 390 g/mol. The number of hydrogen-bond acceptors (Lipinski definition) is 5. The molecule has 0 saturated carbocycles. The summed E-state index contributed by atoms with van der Waals surface area (Å²) in [6.07, 6.45) is 3.70. The lowest BCUT2D eigenvalue weighted by Crippen LogP contribution is -2.50. The van der Waals surface area contributed by atoms with Crippen molar-refractivity contribution in [2.24, 2.45) is 14.1 Å². The predicted octanol–water partition coefficient (Wildman–Crippen LogP) is 2.27. The minimum Gasteiger partial charge on any atom is -0.345 e. The molecule has 150 valence electrons. The summed E-state index contributed by atoms with van der Waals surface area (Å²) in [5.41, 5.74) is 2.86. The van der Waals surface area contributed by atoms with E-state index in [-0.39, 0.29) is 5.56 Å². The molecule has 0 bridgehead atoms. The maximum absolute atomic E-state index is 13.3. The number of anilines is 1. The summed E-state index contributed by atoms with van der Waals surface area (Å²) in [6, 6.07) is 4.18. The largest absolute Gasteiger partial charge is 0.345 e. The van der Waals surface area contributed by atoms with Gasteiger partial charge >= 0.3 is 0 Å². The van der Waals surface area contributed by atoms with E-state index >= 15 is 0 Å². The summed E-state index contributed by atoms with van der Waals surface area (Å²) in [5.74, 6) is 0.679. The zero-order chi connectivity index (χ0) is 20.3. The number of fused-ring (bicyclic) bond motifs is 2. The smallest absolute Gasteiger partial charge is 0.264 e. The SMILES string of the molecule is CC1CN(c2nc3[nH]cc(-c4ccc5nn(C)cc5c4Cl)c3c(=O)n2C)CCN1. The van der Waals surface area contributed by atoms with Gasteiger partial charge in [-0.05, 0) is 13.0 Å². The molecule has 1 fully saturated rings. The molecule has 1 aromatic carbocycles. The molecule has 0 aliphatic carbocycles. The normalized spacial score (nSPS) is 17.5. The van der Waals surface area contributed by atoms with E-state index in [0.29, 0.717) is 28.0 Å². The first-order chi connectivity index (χ1) is 13.9. The van der Waals surface area contributed by atoms with Crippen LogP contribution in [-0.4, -0.2) is 50.0 Å². The average Bonchev–Trinajstić information content (AvgIpc) is 3.28. The molecule has 1 aliphatic rings. The van der Waals surface area contributed by atoms with Gasteiger partial charge in [0.25, 0.3) is 5.56 Å². The molecule has 9 heteroatoms. The Bertz CT molecular complexity index is 1300. The van der Waals surface area contributed by atoms with Crippen LogP contribution in [0.2, 0.25) is 5.02 Å². The van der Waals surface area contributed by atoms with Crippen molar-refractivity contribution in [1.29, 1.82) is 0 Å². The van der Waals surface area contributed by atoms with Crippen molar-refractivity contribution in [2.75, 3.05) is 24.5 Å². The van der Waals surface area contributed by atoms with E-state index in [9.17, 15) is 4.79 Å². The van der Waals surface area contributed by atoms with Crippen LogP contribution in [0.3, 0.4) is 0 Å². The quantitative estimate of drug-likeness (QED) is 0.528. The van der Waals surface area contributed by atoms with Gasteiger partial charge in [-0.2, -0.15) is 10.1 Å². The highest BCUT2D eigenvalue weighted by molar-refractivity contribution is 6.38. The number of aromatic amines is 1. The Kier molecular flexibility index (Phi) is 4.15. The standard InChI is InChI=1S/C20H22ClN7O/c1-11-9-28(7-6-22-11)20-24-18-16(19(29)27(20)3)13(8-23-18)12-4-5-15-14(17(12)21)10-26(2)25-15/h4-5,8,10-11,22-23H,6-7,9H2,1-3H3. The van der Waals surface area contributed by atoms with Crippen LogP contribution in [0.5, 0.6) is 0 Å². The third kappa shape index (κ3) is 2.82. The highest BCUT2D eigenvalue weighted by Crippen LogP contribution is 2.36. The second kappa shape index (κ2) is 6.60. The molecule has 0 amide bonds. The third-order valence-electron chi connectivity index (χ3n) is 5.57. The number of nitrogens with one attached hydrogen (secondary N) is 2. The Balaban J connectivity index is 1.69. The lowest BCUT2D eigenvalue weighted by Gasteiger charge is -2.33. The van der Waals surface area contributed by atoms with E-state index in [2.05, 4.69) is 27.2 Å². The lowest BCUT2D eigenvalue weighted by atomic mass is 10.0. The van der Waals surface area contributed by atoms with Gasteiger partial charge in [-0.1, -0.05) is 17.7 Å². The number of H-pyrrole nitrogens is 1. The van der Waals surface area contributed by atoms with Crippen LogP contribution in [0.1, 0.15) is 6.92 Å². The van der Waals surface area contributed by atoms with Crippen LogP contribution in [0.4, 0.5) is 5.95 Å². The van der Waals surface area contributed by atoms with Gasteiger partial charge in [-0.15, -0.1) is 0 Å². The van der Waals surface area contributed by atoms with Crippen molar-refractivity contribution in [3.63, 3.8) is 0 Å². The highest BCUT2D eigenvalue weighted by atomic mass is 35.5. The first-order valence-electron chi connectivity index (χ1n) is 9.62. The van der Waals surface area contributed by atoms with Crippen molar-refractivity contribution < 1.29 is 0 Å². The van der Waals surface area contributed by atoms with Gasteiger partial charge in [0.2, 0.25) is 5.95 Å². The topological polar surface area (TPSA) is 83.8 Å². The number of nitrogens with zero attached hydrogens (tertiary/aromatic N) is 5. The molecule has 4 aromatic rings. The molecule has 0 spiro atoms. The Hall–Kier alpha value is -2.84. The molecule has 3 aromatic heterocycles. The van der Waals surface area contributed by atoms with Gasteiger partial charge < -0.3 is 15.2 Å². The molecular formula is C20H22ClN7O. The lowest BCUT2D eigenvalue weighted by molar-refractivity contribution is 0.475. The maximum atomic E-state index is 13.3. The van der Waals surface area contributed by atoms with E-state index in [0.717, 1.165) is 41.7 Å². The summed E-state index contributed by atoms with van der Waals surface area (Å²) in [6.45, 7) is 4.62. The molecule has 5 rings (SSSR count). The van der Waals surface area contributed by atoms with E-state index in [1.165, 1.54) is 0 Å². The fourth-order valence-electron chi connectivity index (χ4n) is 4.15. The fraction of sp³-hybridized carbons (Fsp3) is 0.350. The van der Waals surface area contributed by atoms with E-state index in [4.69, 9.17) is 16.6 Å². The van der Waals surface area contributed by atoms with Crippen molar-refractivity contribution in [2.45, 2.75) is 13.0 Å². The van der Waals surface area contributed by atoms with Gasteiger partial charge in [0, 0.05) is 68.7 Å². The third-order valence-corrected chi connectivity index (χ3v) is 5.98. The van der Waals surface area contributed by atoms with E-state index < -0.39 is 0 Å². The molecule has 8 nitrogen and oxygen atoms in total. The number of halogens is 1. The van der Waals surface area contributed by atoms with Crippen LogP contribution in [-0.2, 0) is 14.1 Å². The minimum absolute atomic E-state index is 0.0882. The van der Waals surface area contributed by atoms with Crippen LogP contribution in [0.25, 0.3) is 33.1 Å². The van der Waals surface area contributed by atoms with Gasteiger partial charge in [0.15, 0.2) is 0 Å². The van der Waals surface area contributed by atoms with Crippen molar-refractivity contribution in [3.8, 4) is 11.1 Å². The summed E-state index contributed by atoms with van der Waals surface area (Å²) in [5, 5.41) is 9.80. The Morgan fingerprint density at radius 1 is 1.24 bits per heavy atom. The number of aryl methyl sites for hydroxylation is 1. The zero-order valence-corrected chi connectivity index (χ0v) is 17.3. The van der Waals surface area contributed by atoms with Crippen molar-refractivity contribution in [1.82, 2.24) is 29.6 Å². The highest BCUT2D eigenvalue weighted by Gasteiger charge is 2.23. The summed E-state index contributed by atoms with van der Waals surface area (Å²) >= 11 is 6.70. The molecule has 29 heavy (non-hydrogen) atoms. The maximum Gasteiger partial charge on any atom is 0.264 e. The summed E-state index contributed by atoms with van der Waals surface area (Å²) in [4.78, 5) is 23.4. The van der Waals surface area contributed by atoms with Gasteiger partial charge in [-0.3, -0.25) is 14.0 Å². The summed E-state index contributed by atoms with van der Waals surface area (Å²) in [7, 11) is 3.64. The fourth-order valence-corrected chi connectivity index (χ4v) is 4.46. The first-order valence-corrected chi connectivity index (χ1v) is 10.0. The number of rotatable bonds is 2. The van der Waals surface area contributed by atoms with Crippen LogP contribution in [0, 0.1) is 0 Å². The van der Waals surface area contributed by atoms with Crippen LogP contribution in [0.15, 0.2) is 29.3 Å². The number of benzene rings is 1. The molecule has 1 aliphatic heterocycles. The molecule has 4 heterocycles. The Labute approximate surface area is 172 Å². The van der Waals surface area contributed by atoms with E-state index in [1.807, 2.05) is 31.6 Å². The predicted molar refractivity (Wildman–Crippen MR) is 116 cm³/mol. The van der Waals surface area contributed by atoms with Crippen molar-refractivity contribution in [3.05, 3.63) is 39.9 Å².